The molecule has 0 saturated heterocycles. The number of rotatable bonds is 3. The highest BCUT2D eigenvalue weighted by atomic mass is 32.1. The number of aryl methyl sites for hydroxylation is 1. The van der Waals surface area contributed by atoms with Crippen molar-refractivity contribution in [2.24, 2.45) is 0 Å². The van der Waals surface area contributed by atoms with Gasteiger partial charge in [-0.25, -0.2) is 4.98 Å². The Hall–Kier alpha value is -0.960. The number of thiophene rings is 1. The second-order valence-electron chi connectivity index (χ2n) is 5.35. The van der Waals surface area contributed by atoms with Gasteiger partial charge in [-0.05, 0) is 25.0 Å². The van der Waals surface area contributed by atoms with E-state index in [0.29, 0.717) is 19.5 Å². The van der Waals surface area contributed by atoms with Gasteiger partial charge in [0, 0.05) is 29.9 Å². The maximum atomic E-state index is 12.4. The molecule has 0 bridgehead atoms. The fraction of sp³-hybridized carbons (Fsp3) is 0.500. The Morgan fingerprint density at radius 3 is 2.86 bits per heavy atom. The lowest BCUT2D eigenvalue weighted by atomic mass is 10.1. The van der Waals surface area contributed by atoms with Crippen LogP contribution in [-0.4, -0.2) is 40.4 Å². The molecular formula is C14H15F3N2OS2. The van der Waals surface area contributed by atoms with E-state index in [2.05, 4.69) is 4.98 Å². The van der Waals surface area contributed by atoms with Gasteiger partial charge >= 0.3 is 6.18 Å². The van der Waals surface area contributed by atoms with Gasteiger partial charge in [-0.1, -0.05) is 0 Å². The van der Waals surface area contributed by atoms with E-state index < -0.39 is 12.3 Å². The minimum atomic E-state index is -4.56. The van der Waals surface area contributed by atoms with Crippen molar-refractivity contribution < 1.29 is 18.3 Å². The number of hydrogen-bond acceptors (Lipinski definition) is 5. The molecule has 0 saturated carbocycles. The van der Waals surface area contributed by atoms with Gasteiger partial charge in [0.1, 0.15) is 0 Å². The molecule has 3 heterocycles. The molecule has 3 nitrogen and oxygen atoms in total. The van der Waals surface area contributed by atoms with E-state index in [9.17, 15) is 18.3 Å². The molecule has 0 fully saturated rings. The first-order valence-corrected chi connectivity index (χ1v) is 8.54. The Balaban J connectivity index is 1.72. The maximum absolute atomic E-state index is 12.4. The lowest BCUT2D eigenvalue weighted by Gasteiger charge is -2.29. The molecule has 1 aliphatic heterocycles. The summed E-state index contributed by atoms with van der Waals surface area (Å²) in [5, 5.41) is 12.2. The van der Waals surface area contributed by atoms with Crippen LogP contribution in [0.2, 0.25) is 0 Å². The number of nitrogens with zero attached hydrogens (tertiary/aromatic N) is 2. The Morgan fingerprint density at radius 2 is 2.23 bits per heavy atom. The molecule has 0 amide bonds. The van der Waals surface area contributed by atoms with Gasteiger partial charge < -0.3 is 5.11 Å². The van der Waals surface area contributed by atoms with E-state index in [4.69, 9.17) is 0 Å². The zero-order valence-electron chi connectivity index (χ0n) is 11.9. The van der Waals surface area contributed by atoms with Gasteiger partial charge in [0.05, 0.1) is 15.6 Å². The van der Waals surface area contributed by atoms with Crippen LogP contribution in [0.5, 0.6) is 0 Å². The summed E-state index contributed by atoms with van der Waals surface area (Å²) in [6, 6.07) is 2.01. The zero-order chi connectivity index (χ0) is 15.9. The van der Waals surface area contributed by atoms with Gasteiger partial charge in [0.2, 0.25) is 0 Å². The van der Waals surface area contributed by atoms with Crippen LogP contribution < -0.4 is 0 Å². The van der Waals surface area contributed by atoms with Crippen molar-refractivity contribution in [2.45, 2.75) is 32.2 Å². The second-order valence-corrected chi connectivity index (χ2v) is 7.55. The van der Waals surface area contributed by atoms with Crippen molar-refractivity contribution >= 4 is 22.7 Å². The van der Waals surface area contributed by atoms with Gasteiger partial charge in [-0.2, -0.15) is 13.2 Å². The van der Waals surface area contributed by atoms with E-state index in [1.54, 1.807) is 27.6 Å². The number of aliphatic hydroxyl groups excluding tert-OH is 1. The van der Waals surface area contributed by atoms with E-state index in [-0.39, 0.29) is 6.54 Å². The highest BCUT2D eigenvalue weighted by Crippen LogP contribution is 2.35. The average Bonchev–Trinajstić information content (AvgIpc) is 3.02. The summed E-state index contributed by atoms with van der Waals surface area (Å²) in [7, 11) is 0. The summed E-state index contributed by atoms with van der Waals surface area (Å²) < 4.78 is 37.3. The third-order valence-electron chi connectivity index (χ3n) is 3.63. The first-order valence-electron chi connectivity index (χ1n) is 6.84. The molecule has 0 radical (unpaired) electrons. The molecule has 2 aromatic heterocycles. The van der Waals surface area contributed by atoms with Gasteiger partial charge in [-0.3, -0.25) is 4.90 Å². The summed E-state index contributed by atoms with van der Waals surface area (Å²) in [6.45, 7) is 2.56. The summed E-state index contributed by atoms with van der Waals surface area (Å²) in [5.41, 5.74) is 1.98. The lowest BCUT2D eigenvalue weighted by molar-refractivity contribution is -0.208. The minimum Gasteiger partial charge on any atom is -0.382 e. The van der Waals surface area contributed by atoms with Crippen LogP contribution >= 0.6 is 22.7 Å². The molecule has 1 unspecified atom stereocenters. The number of alkyl halides is 3. The summed E-state index contributed by atoms with van der Waals surface area (Å²) in [6.07, 6.45) is -6.13. The van der Waals surface area contributed by atoms with Crippen molar-refractivity contribution in [1.82, 2.24) is 9.88 Å². The molecule has 1 N–H and O–H groups in total. The molecule has 0 aliphatic carbocycles. The van der Waals surface area contributed by atoms with Crippen LogP contribution in [-0.2, 0) is 13.0 Å². The second kappa shape index (κ2) is 5.92. The molecule has 0 aromatic carbocycles. The number of hydrogen-bond donors (Lipinski definition) is 1. The monoisotopic (exact) mass is 348 g/mol. The first kappa shape index (κ1) is 15.9. The van der Waals surface area contributed by atoms with Gasteiger partial charge in [0.15, 0.2) is 6.10 Å². The number of aliphatic hydroxyl groups is 1. The standard InChI is InChI=1S/C14H15F3N2OS2/c1-8-18-10(7-21-8)12-4-9-5-19(3-2-11(9)22-12)6-13(20)14(15,16)17/h4,7,13,20H,2-3,5-6H2,1H3. The fourth-order valence-electron chi connectivity index (χ4n) is 2.50. The van der Waals surface area contributed by atoms with Crippen molar-refractivity contribution in [3.63, 3.8) is 0 Å². The molecule has 120 valence electrons. The SMILES string of the molecule is Cc1nc(-c2cc3c(s2)CCN(CC(O)C(F)(F)F)C3)cs1. The highest BCUT2D eigenvalue weighted by molar-refractivity contribution is 7.16. The summed E-state index contributed by atoms with van der Waals surface area (Å²) in [5.74, 6) is 0. The van der Waals surface area contributed by atoms with Crippen molar-refractivity contribution in [2.75, 3.05) is 13.1 Å². The Kier molecular flexibility index (Phi) is 4.28. The predicted octanol–water partition coefficient (Wildman–Crippen LogP) is 3.46. The Morgan fingerprint density at radius 1 is 1.45 bits per heavy atom. The topological polar surface area (TPSA) is 36.4 Å². The first-order chi connectivity index (χ1) is 10.3. The quantitative estimate of drug-likeness (QED) is 0.923. The normalized spacial score (nSPS) is 17.5. The van der Waals surface area contributed by atoms with E-state index >= 15 is 0 Å². The predicted molar refractivity (Wildman–Crippen MR) is 81.2 cm³/mol. The molecule has 1 atom stereocenters. The van der Waals surface area contributed by atoms with Gasteiger partial charge in [-0.15, -0.1) is 22.7 Å². The summed E-state index contributed by atoms with van der Waals surface area (Å²) >= 11 is 3.24. The number of aromatic nitrogens is 1. The molecule has 1 aliphatic rings. The van der Waals surface area contributed by atoms with Crippen LogP contribution in [0, 0.1) is 6.92 Å². The number of fused-ring (bicyclic) bond motifs is 1. The van der Waals surface area contributed by atoms with Crippen molar-refractivity contribution in [1.29, 1.82) is 0 Å². The van der Waals surface area contributed by atoms with E-state index in [1.807, 2.05) is 18.4 Å². The molecule has 0 spiro atoms. The van der Waals surface area contributed by atoms with Crippen molar-refractivity contribution in [3.8, 4) is 10.6 Å². The Bertz CT molecular complexity index is 665. The minimum absolute atomic E-state index is 0.371. The lowest BCUT2D eigenvalue weighted by Crippen LogP contribution is -2.42. The molecule has 2 aromatic rings. The fourth-order valence-corrected chi connectivity index (χ4v) is 4.31. The maximum Gasteiger partial charge on any atom is 0.415 e. The van der Waals surface area contributed by atoms with Crippen LogP contribution in [0.4, 0.5) is 13.2 Å². The Labute approximate surface area is 134 Å². The van der Waals surface area contributed by atoms with Crippen LogP contribution in [0.3, 0.4) is 0 Å². The molecular weight excluding hydrogens is 333 g/mol. The largest absolute Gasteiger partial charge is 0.415 e. The zero-order valence-corrected chi connectivity index (χ0v) is 13.5. The van der Waals surface area contributed by atoms with Crippen LogP contribution in [0.15, 0.2) is 11.4 Å². The van der Waals surface area contributed by atoms with Crippen LogP contribution in [0.25, 0.3) is 10.6 Å². The van der Waals surface area contributed by atoms with Gasteiger partial charge in [0.25, 0.3) is 0 Å². The molecule has 3 rings (SSSR count). The molecule has 22 heavy (non-hydrogen) atoms. The average molecular weight is 348 g/mol. The number of β-amino-alcohol motifs (C(OH)–C–C–N with tert-alkyl or cyclic N) is 1. The third-order valence-corrected chi connectivity index (χ3v) is 5.66. The van der Waals surface area contributed by atoms with Crippen molar-refractivity contribution in [3.05, 3.63) is 26.9 Å². The van der Waals surface area contributed by atoms with E-state index in [1.165, 1.54) is 4.88 Å². The smallest absolute Gasteiger partial charge is 0.382 e. The number of halogens is 3. The number of thiazole rings is 1. The third kappa shape index (κ3) is 3.34. The molecule has 8 heteroatoms. The van der Waals surface area contributed by atoms with Crippen LogP contribution in [0.1, 0.15) is 15.4 Å². The highest BCUT2D eigenvalue weighted by Gasteiger charge is 2.39. The summed E-state index contributed by atoms with van der Waals surface area (Å²) in [4.78, 5) is 8.38. The van der Waals surface area contributed by atoms with E-state index in [0.717, 1.165) is 21.1 Å².